The summed E-state index contributed by atoms with van der Waals surface area (Å²) in [5.41, 5.74) is 1.14. The Bertz CT molecular complexity index is 352. The molecule has 17 heavy (non-hydrogen) atoms. The largest absolute Gasteiger partial charge is 0.314 e. The van der Waals surface area contributed by atoms with Gasteiger partial charge in [-0.05, 0) is 43.9 Å². The summed E-state index contributed by atoms with van der Waals surface area (Å²) < 4.78 is 0. The van der Waals surface area contributed by atoms with E-state index in [4.69, 9.17) is 23.2 Å². The van der Waals surface area contributed by atoms with Crippen molar-refractivity contribution in [2.24, 2.45) is 0 Å². The van der Waals surface area contributed by atoms with Gasteiger partial charge in [0, 0.05) is 6.04 Å². The van der Waals surface area contributed by atoms with Crippen molar-refractivity contribution in [1.29, 1.82) is 0 Å². The average Bonchev–Trinajstić information content (AvgIpc) is 2.29. The molecule has 96 valence electrons. The van der Waals surface area contributed by atoms with Gasteiger partial charge in [0.25, 0.3) is 0 Å². The van der Waals surface area contributed by atoms with Crippen LogP contribution in [0.25, 0.3) is 0 Å². The zero-order valence-corrected chi connectivity index (χ0v) is 12.3. The van der Waals surface area contributed by atoms with Crippen LogP contribution in [0.5, 0.6) is 0 Å². The minimum atomic E-state index is 0.417. The van der Waals surface area contributed by atoms with Gasteiger partial charge in [0.05, 0.1) is 10.0 Å². The Morgan fingerprint density at radius 2 is 1.94 bits per heavy atom. The molecule has 1 nitrogen and oxygen atoms in total. The number of hydrogen-bond acceptors (Lipinski definition) is 1. The minimum absolute atomic E-state index is 0.417. The number of hydrogen-bond donors (Lipinski definition) is 1. The quantitative estimate of drug-likeness (QED) is 0.780. The highest BCUT2D eigenvalue weighted by molar-refractivity contribution is 6.42. The van der Waals surface area contributed by atoms with Gasteiger partial charge < -0.3 is 5.32 Å². The van der Waals surface area contributed by atoms with Gasteiger partial charge in [-0.25, -0.2) is 0 Å². The fraction of sp³-hybridized carbons (Fsp3) is 0.571. The van der Waals surface area contributed by atoms with E-state index >= 15 is 0 Å². The predicted octanol–water partition coefficient (Wildman–Crippen LogP) is 4.88. The molecule has 0 fully saturated rings. The third-order valence-corrected chi connectivity index (χ3v) is 3.80. The standard InChI is InChI=1S/C14H21Cl2N/c1-4-8-17-11(3)9-10(2)12-6-5-7-13(15)14(12)16/h5-7,10-11,17H,4,8-9H2,1-3H3. The first-order valence-corrected chi connectivity index (χ1v) is 6.99. The summed E-state index contributed by atoms with van der Waals surface area (Å²) in [6, 6.07) is 6.36. The number of halogens is 2. The van der Waals surface area contributed by atoms with E-state index in [0.717, 1.165) is 24.9 Å². The summed E-state index contributed by atoms with van der Waals surface area (Å²) in [5.74, 6) is 0.417. The molecule has 1 aromatic carbocycles. The molecule has 0 radical (unpaired) electrons. The fourth-order valence-corrected chi connectivity index (χ4v) is 2.53. The highest BCUT2D eigenvalue weighted by Gasteiger charge is 2.14. The van der Waals surface area contributed by atoms with Gasteiger partial charge in [-0.3, -0.25) is 0 Å². The molecular weight excluding hydrogens is 253 g/mol. The van der Waals surface area contributed by atoms with E-state index < -0.39 is 0 Å². The minimum Gasteiger partial charge on any atom is -0.314 e. The summed E-state index contributed by atoms with van der Waals surface area (Å²) in [6.07, 6.45) is 2.23. The van der Waals surface area contributed by atoms with Crippen LogP contribution in [0, 0.1) is 0 Å². The van der Waals surface area contributed by atoms with Crippen LogP contribution in [-0.2, 0) is 0 Å². The molecule has 0 aliphatic rings. The van der Waals surface area contributed by atoms with Crippen LogP contribution in [0.2, 0.25) is 10.0 Å². The highest BCUT2D eigenvalue weighted by Crippen LogP contribution is 2.32. The molecule has 0 aliphatic heterocycles. The molecule has 3 heteroatoms. The second kappa shape index (κ2) is 7.25. The van der Waals surface area contributed by atoms with Crippen molar-refractivity contribution < 1.29 is 0 Å². The smallest absolute Gasteiger partial charge is 0.0626 e. The van der Waals surface area contributed by atoms with E-state index in [1.807, 2.05) is 12.1 Å². The molecule has 0 heterocycles. The van der Waals surface area contributed by atoms with Crippen molar-refractivity contribution in [3.8, 4) is 0 Å². The topological polar surface area (TPSA) is 12.0 Å². The lowest BCUT2D eigenvalue weighted by atomic mass is 9.94. The Hall–Kier alpha value is -0.240. The zero-order valence-electron chi connectivity index (χ0n) is 10.8. The van der Waals surface area contributed by atoms with Crippen LogP contribution in [0.3, 0.4) is 0 Å². The van der Waals surface area contributed by atoms with Crippen molar-refractivity contribution in [2.75, 3.05) is 6.54 Å². The Morgan fingerprint density at radius 1 is 1.24 bits per heavy atom. The maximum Gasteiger partial charge on any atom is 0.0626 e. The summed E-state index contributed by atoms with van der Waals surface area (Å²) >= 11 is 12.3. The van der Waals surface area contributed by atoms with E-state index in [1.165, 1.54) is 0 Å². The molecule has 0 amide bonds. The third kappa shape index (κ3) is 4.50. The molecule has 1 aromatic rings. The van der Waals surface area contributed by atoms with Crippen molar-refractivity contribution in [3.05, 3.63) is 33.8 Å². The summed E-state index contributed by atoms with van der Waals surface area (Å²) in [6.45, 7) is 7.65. The molecule has 1 rings (SSSR count). The van der Waals surface area contributed by atoms with Gasteiger partial charge >= 0.3 is 0 Å². The Balaban J connectivity index is 2.63. The molecule has 0 aromatic heterocycles. The second-order valence-corrected chi connectivity index (χ2v) is 5.42. The van der Waals surface area contributed by atoms with Crippen molar-refractivity contribution in [3.63, 3.8) is 0 Å². The molecule has 0 saturated heterocycles. The molecule has 0 saturated carbocycles. The molecule has 1 N–H and O–H groups in total. The summed E-state index contributed by atoms with van der Waals surface area (Å²) in [5, 5.41) is 4.83. The van der Waals surface area contributed by atoms with Crippen LogP contribution in [-0.4, -0.2) is 12.6 Å². The molecule has 2 atom stereocenters. The first-order valence-electron chi connectivity index (χ1n) is 6.23. The first kappa shape index (κ1) is 14.8. The Kier molecular flexibility index (Phi) is 6.32. The lowest BCUT2D eigenvalue weighted by Crippen LogP contribution is -2.28. The normalized spacial score (nSPS) is 14.6. The molecule has 0 spiro atoms. The lowest BCUT2D eigenvalue weighted by molar-refractivity contribution is 0.479. The van der Waals surface area contributed by atoms with Crippen LogP contribution >= 0.6 is 23.2 Å². The predicted molar refractivity (Wildman–Crippen MR) is 77.2 cm³/mol. The number of benzene rings is 1. The van der Waals surface area contributed by atoms with Gasteiger partial charge in [-0.1, -0.05) is 49.2 Å². The van der Waals surface area contributed by atoms with Gasteiger partial charge in [-0.15, -0.1) is 0 Å². The maximum atomic E-state index is 6.22. The van der Waals surface area contributed by atoms with Gasteiger partial charge in [0.1, 0.15) is 0 Å². The number of nitrogens with one attached hydrogen (secondary N) is 1. The van der Waals surface area contributed by atoms with Crippen molar-refractivity contribution in [1.82, 2.24) is 5.32 Å². The maximum absolute atomic E-state index is 6.22. The van der Waals surface area contributed by atoms with Crippen LogP contribution < -0.4 is 5.32 Å². The highest BCUT2D eigenvalue weighted by atomic mass is 35.5. The van der Waals surface area contributed by atoms with E-state index in [2.05, 4.69) is 32.2 Å². The third-order valence-electron chi connectivity index (χ3n) is 2.96. The van der Waals surface area contributed by atoms with Crippen LogP contribution in [0.1, 0.15) is 45.1 Å². The monoisotopic (exact) mass is 273 g/mol. The van der Waals surface area contributed by atoms with Crippen molar-refractivity contribution >= 4 is 23.2 Å². The Morgan fingerprint density at radius 3 is 2.59 bits per heavy atom. The lowest BCUT2D eigenvalue weighted by Gasteiger charge is -2.20. The molecule has 2 unspecified atom stereocenters. The van der Waals surface area contributed by atoms with E-state index in [9.17, 15) is 0 Å². The van der Waals surface area contributed by atoms with E-state index in [0.29, 0.717) is 22.0 Å². The molecule has 0 bridgehead atoms. The number of rotatable bonds is 6. The average molecular weight is 274 g/mol. The summed E-state index contributed by atoms with van der Waals surface area (Å²) in [7, 11) is 0. The van der Waals surface area contributed by atoms with E-state index in [-0.39, 0.29) is 0 Å². The van der Waals surface area contributed by atoms with Crippen molar-refractivity contribution in [2.45, 2.75) is 45.6 Å². The van der Waals surface area contributed by atoms with Crippen LogP contribution in [0.4, 0.5) is 0 Å². The fourth-order valence-electron chi connectivity index (χ4n) is 2.03. The second-order valence-electron chi connectivity index (χ2n) is 4.63. The first-order chi connectivity index (χ1) is 8.06. The zero-order chi connectivity index (χ0) is 12.8. The summed E-state index contributed by atoms with van der Waals surface area (Å²) in [4.78, 5) is 0. The molecular formula is C14H21Cl2N. The molecule has 0 aliphatic carbocycles. The van der Waals surface area contributed by atoms with E-state index in [1.54, 1.807) is 0 Å². The SMILES string of the molecule is CCCNC(C)CC(C)c1cccc(Cl)c1Cl. The Labute approximate surface area is 115 Å². The van der Waals surface area contributed by atoms with Gasteiger partial charge in [0.2, 0.25) is 0 Å². The van der Waals surface area contributed by atoms with Gasteiger partial charge in [-0.2, -0.15) is 0 Å². The van der Waals surface area contributed by atoms with Crippen LogP contribution in [0.15, 0.2) is 18.2 Å². The van der Waals surface area contributed by atoms with Gasteiger partial charge in [0.15, 0.2) is 0 Å².